The van der Waals surface area contributed by atoms with E-state index in [9.17, 15) is 23.2 Å². The molecule has 9 nitrogen and oxygen atoms in total. The van der Waals surface area contributed by atoms with E-state index < -0.39 is 40.7 Å². The average molecular weight is 378 g/mol. The van der Waals surface area contributed by atoms with Gasteiger partial charge in [0, 0.05) is 6.07 Å². The molecule has 1 saturated heterocycles. The van der Waals surface area contributed by atoms with E-state index >= 15 is 0 Å². The molecular formula is C16H16F2N6O3. The first kappa shape index (κ1) is 18.4. The molecule has 2 aliphatic rings. The van der Waals surface area contributed by atoms with Crippen molar-refractivity contribution in [3.05, 3.63) is 29.8 Å². The Balaban J connectivity index is 1.68. The van der Waals surface area contributed by atoms with Crippen molar-refractivity contribution in [3.63, 3.8) is 0 Å². The third-order valence-corrected chi connectivity index (χ3v) is 4.37. The van der Waals surface area contributed by atoms with Crippen molar-refractivity contribution in [1.82, 2.24) is 16.0 Å². The van der Waals surface area contributed by atoms with E-state index in [0.717, 1.165) is 31.0 Å². The van der Waals surface area contributed by atoms with Gasteiger partial charge in [-0.2, -0.15) is 5.10 Å². The highest BCUT2D eigenvalue weighted by atomic mass is 19.1. The zero-order chi connectivity index (χ0) is 19.6. The van der Waals surface area contributed by atoms with Crippen molar-refractivity contribution in [1.29, 1.82) is 5.41 Å². The van der Waals surface area contributed by atoms with Gasteiger partial charge in [-0.15, -0.1) is 0 Å². The Labute approximate surface area is 152 Å². The number of amides is 4. The van der Waals surface area contributed by atoms with Crippen molar-refractivity contribution in [2.75, 3.05) is 12.0 Å². The number of imide groups is 1. The van der Waals surface area contributed by atoms with E-state index in [1.807, 2.05) is 0 Å². The number of nitrogens with zero attached hydrogens (tertiary/aromatic N) is 1. The topological polar surface area (TPSA) is 136 Å². The number of carbonyl (C=O) groups excluding carboxylic acids is 3. The van der Waals surface area contributed by atoms with Gasteiger partial charge in [-0.25, -0.2) is 13.6 Å². The van der Waals surface area contributed by atoms with Gasteiger partial charge in [-0.05, 0) is 30.9 Å². The Hall–Kier alpha value is -3.37. The molecule has 0 bridgehead atoms. The number of halogens is 2. The molecule has 11 heteroatoms. The van der Waals surface area contributed by atoms with Gasteiger partial charge in [-0.1, -0.05) is 0 Å². The molecule has 5 N–H and O–H groups in total. The molecule has 1 heterocycles. The van der Waals surface area contributed by atoms with Crippen molar-refractivity contribution >= 4 is 35.5 Å². The summed E-state index contributed by atoms with van der Waals surface area (Å²) in [5, 5.41) is 18.0. The Morgan fingerprint density at radius 2 is 2.11 bits per heavy atom. The van der Waals surface area contributed by atoms with Crippen LogP contribution >= 0.6 is 0 Å². The minimum Gasteiger partial charge on any atom is -0.348 e. The molecule has 1 aliphatic heterocycles. The third kappa shape index (κ3) is 3.76. The van der Waals surface area contributed by atoms with Crippen molar-refractivity contribution < 1.29 is 23.2 Å². The van der Waals surface area contributed by atoms with E-state index in [-0.39, 0.29) is 18.2 Å². The molecule has 0 spiro atoms. The van der Waals surface area contributed by atoms with Crippen LogP contribution in [0.3, 0.4) is 0 Å². The SMILES string of the molecule is N=C/C(=N\Nc1cc(F)ccc1F)C(=O)NC[C@@]1(C2CC2)NC(=O)NC1=O. The number of hydrogen-bond acceptors (Lipinski definition) is 6. The van der Waals surface area contributed by atoms with Gasteiger partial charge in [0.05, 0.1) is 18.4 Å². The molecule has 1 aromatic rings. The number of hydrogen-bond donors (Lipinski definition) is 5. The number of rotatable bonds is 7. The maximum Gasteiger partial charge on any atom is 0.322 e. The number of nitrogens with one attached hydrogen (secondary N) is 5. The fourth-order valence-electron chi connectivity index (χ4n) is 2.80. The molecule has 1 aliphatic carbocycles. The van der Waals surface area contributed by atoms with Crippen molar-refractivity contribution in [2.24, 2.45) is 11.0 Å². The van der Waals surface area contributed by atoms with Crippen LogP contribution in [0.5, 0.6) is 0 Å². The summed E-state index contributed by atoms with van der Waals surface area (Å²) < 4.78 is 26.7. The second-order valence-corrected chi connectivity index (χ2v) is 6.21. The summed E-state index contributed by atoms with van der Waals surface area (Å²) in [5.41, 5.74) is 0.223. The highest BCUT2D eigenvalue weighted by molar-refractivity contribution is 6.60. The van der Waals surface area contributed by atoms with Gasteiger partial charge in [0.2, 0.25) is 0 Å². The van der Waals surface area contributed by atoms with Crippen LogP contribution in [-0.4, -0.2) is 41.9 Å². The highest BCUT2D eigenvalue weighted by Gasteiger charge is 2.56. The lowest BCUT2D eigenvalue weighted by molar-refractivity contribution is -0.125. The molecule has 1 aromatic carbocycles. The van der Waals surface area contributed by atoms with E-state index in [4.69, 9.17) is 5.41 Å². The van der Waals surface area contributed by atoms with Gasteiger partial charge >= 0.3 is 6.03 Å². The predicted octanol–water partition coefficient (Wildman–Crippen LogP) is 0.487. The smallest absolute Gasteiger partial charge is 0.322 e. The first-order valence-corrected chi connectivity index (χ1v) is 8.07. The molecule has 1 saturated carbocycles. The summed E-state index contributed by atoms with van der Waals surface area (Å²) in [4.78, 5) is 35.8. The Morgan fingerprint density at radius 3 is 2.70 bits per heavy atom. The number of anilines is 1. The number of carbonyl (C=O) groups is 3. The third-order valence-electron chi connectivity index (χ3n) is 4.37. The molecule has 142 valence electrons. The lowest BCUT2D eigenvalue weighted by Gasteiger charge is -2.26. The van der Waals surface area contributed by atoms with E-state index in [0.29, 0.717) is 6.21 Å². The Kier molecular flexibility index (Phi) is 4.84. The lowest BCUT2D eigenvalue weighted by Crippen LogP contribution is -2.57. The minimum atomic E-state index is -1.23. The normalized spacial score (nSPS) is 22.1. The molecule has 0 radical (unpaired) electrons. The van der Waals surface area contributed by atoms with Gasteiger partial charge in [-0.3, -0.25) is 20.3 Å². The minimum absolute atomic E-state index is 0.0934. The maximum absolute atomic E-state index is 13.6. The molecule has 0 unspecified atom stereocenters. The largest absolute Gasteiger partial charge is 0.348 e. The summed E-state index contributed by atoms with van der Waals surface area (Å²) in [6.45, 7) is -0.185. The van der Waals surface area contributed by atoms with E-state index in [1.54, 1.807) is 0 Å². The summed E-state index contributed by atoms with van der Waals surface area (Å²) in [6, 6.07) is 2.02. The molecule has 3 rings (SSSR count). The van der Waals surface area contributed by atoms with Crippen LogP contribution in [0.15, 0.2) is 23.3 Å². The van der Waals surface area contributed by atoms with Crippen LogP contribution in [-0.2, 0) is 9.59 Å². The van der Waals surface area contributed by atoms with Crippen LogP contribution in [0.4, 0.5) is 19.3 Å². The molecule has 27 heavy (non-hydrogen) atoms. The summed E-state index contributed by atoms with van der Waals surface area (Å²) in [5.74, 6) is -2.93. The Morgan fingerprint density at radius 1 is 1.37 bits per heavy atom. The maximum atomic E-state index is 13.6. The summed E-state index contributed by atoms with van der Waals surface area (Å²) >= 11 is 0. The molecule has 4 amide bonds. The Bertz CT molecular complexity index is 855. The fourth-order valence-corrected chi connectivity index (χ4v) is 2.80. The van der Waals surface area contributed by atoms with Crippen molar-refractivity contribution in [2.45, 2.75) is 18.4 Å². The standard InChI is InChI=1S/C16H16F2N6O3/c17-9-3-4-10(18)11(5-9)23-24-12(6-19)13(25)20-7-16(8-1-2-8)14(26)21-15(27)22-16/h3-6,8,19,23H,1-2,7H2,(H,20,25)(H2,21,22,26,27)/b19-6?,24-12+/t16-/m0/s1. The average Bonchev–Trinajstić information content (AvgIpc) is 3.43. The molecule has 2 fully saturated rings. The highest BCUT2D eigenvalue weighted by Crippen LogP contribution is 2.40. The van der Waals surface area contributed by atoms with Crippen LogP contribution in [0.25, 0.3) is 0 Å². The number of urea groups is 1. The molecular weight excluding hydrogens is 362 g/mol. The van der Waals surface area contributed by atoms with Crippen LogP contribution in [0, 0.1) is 23.0 Å². The summed E-state index contributed by atoms with van der Waals surface area (Å²) in [6.07, 6.45) is 2.08. The second kappa shape index (κ2) is 7.09. The monoisotopic (exact) mass is 378 g/mol. The zero-order valence-corrected chi connectivity index (χ0v) is 13.9. The van der Waals surface area contributed by atoms with Crippen LogP contribution in [0.1, 0.15) is 12.8 Å². The van der Waals surface area contributed by atoms with Gasteiger partial charge in [0.25, 0.3) is 11.8 Å². The predicted molar refractivity (Wildman–Crippen MR) is 91.3 cm³/mol. The second-order valence-electron chi connectivity index (χ2n) is 6.21. The quantitative estimate of drug-likeness (QED) is 0.268. The van der Waals surface area contributed by atoms with E-state index in [2.05, 4.69) is 26.5 Å². The van der Waals surface area contributed by atoms with E-state index in [1.165, 1.54) is 0 Å². The first-order chi connectivity index (χ1) is 12.9. The van der Waals surface area contributed by atoms with Crippen LogP contribution in [0.2, 0.25) is 0 Å². The van der Waals surface area contributed by atoms with Gasteiger partial charge < -0.3 is 16.0 Å². The van der Waals surface area contributed by atoms with Gasteiger partial charge in [0.15, 0.2) is 5.71 Å². The first-order valence-electron chi connectivity index (χ1n) is 8.07. The zero-order valence-electron chi connectivity index (χ0n) is 13.9. The lowest BCUT2D eigenvalue weighted by atomic mass is 9.93. The molecule has 0 aromatic heterocycles. The van der Waals surface area contributed by atoms with Crippen molar-refractivity contribution in [3.8, 4) is 0 Å². The summed E-state index contributed by atoms with van der Waals surface area (Å²) in [7, 11) is 0. The molecule has 1 atom stereocenters. The van der Waals surface area contributed by atoms with Crippen LogP contribution < -0.4 is 21.4 Å². The number of hydrazone groups is 1. The fraction of sp³-hybridized carbons (Fsp3) is 0.312. The van der Waals surface area contributed by atoms with Gasteiger partial charge in [0.1, 0.15) is 17.2 Å². The number of benzene rings is 1.